The van der Waals surface area contributed by atoms with E-state index in [0.29, 0.717) is 51.4 Å². The summed E-state index contributed by atoms with van der Waals surface area (Å²) >= 11 is 0. The number of unbranched alkanes of at least 4 members (excludes halogenated alkanes) is 40. The predicted molar refractivity (Wildman–Crippen MR) is 513 cm³/mol. The number of hydrogen-bond acceptors (Lipinski definition) is 24. The molecule has 0 fully saturated rings. The molecular formula is C104H152N8O16. The van der Waals surface area contributed by atoms with E-state index >= 15 is 0 Å². The highest BCUT2D eigenvalue weighted by atomic mass is 16.6. The lowest BCUT2D eigenvalue weighted by Crippen LogP contribution is -2.44. The number of rotatable bonds is 68. The molecule has 0 atom stereocenters. The highest BCUT2D eigenvalue weighted by Crippen LogP contribution is 2.35. The molecule has 704 valence electrons. The van der Waals surface area contributed by atoms with Crippen LogP contribution >= 0.6 is 0 Å². The molecule has 3 aliphatic rings. The predicted octanol–water partition coefficient (Wildman–Crippen LogP) is 26.6. The molecule has 24 nitrogen and oxygen atoms in total. The first-order valence-corrected chi connectivity index (χ1v) is 49.4. The van der Waals surface area contributed by atoms with E-state index < -0.39 is 47.8 Å². The summed E-state index contributed by atoms with van der Waals surface area (Å²) in [7, 11) is 0. The molecule has 0 saturated carbocycles. The molecule has 128 heavy (non-hydrogen) atoms. The van der Waals surface area contributed by atoms with E-state index in [9.17, 15) is 38.4 Å². The summed E-state index contributed by atoms with van der Waals surface area (Å²) in [5, 5.41) is 6.72. The largest absolute Gasteiger partial charge is 0.462 e. The highest BCUT2D eigenvalue weighted by molar-refractivity contribution is 6.53. The van der Waals surface area contributed by atoms with Crippen LogP contribution in [0.15, 0.2) is 117 Å². The molecular weight excluding hydrogens is 1620 g/mol. The number of amidine groups is 4. The third-order valence-corrected chi connectivity index (χ3v) is 22.8. The summed E-state index contributed by atoms with van der Waals surface area (Å²) < 4.78 is 47.6. The fraction of sp³-hybridized carbons (Fsp3) is 0.615. The summed E-state index contributed by atoms with van der Waals surface area (Å²) in [6.45, 7) is 18.5. The van der Waals surface area contributed by atoms with Crippen molar-refractivity contribution in [1.29, 1.82) is 0 Å². The molecule has 4 aromatic carbocycles. The second-order valence-corrected chi connectivity index (χ2v) is 34.1. The van der Waals surface area contributed by atoms with Crippen molar-refractivity contribution in [3.63, 3.8) is 0 Å². The zero-order valence-corrected chi connectivity index (χ0v) is 78.9. The zero-order chi connectivity index (χ0) is 91.6. The lowest BCUT2D eigenvalue weighted by molar-refractivity contribution is 0.0478. The van der Waals surface area contributed by atoms with Crippen LogP contribution in [0.1, 0.15) is 446 Å². The van der Waals surface area contributed by atoms with Gasteiger partial charge < -0.3 is 48.5 Å². The van der Waals surface area contributed by atoms with Crippen molar-refractivity contribution < 1.29 is 76.3 Å². The maximum Gasteiger partial charge on any atom is 0.338 e. The summed E-state index contributed by atoms with van der Waals surface area (Å²) in [5.74, 6) is -5.42. The van der Waals surface area contributed by atoms with E-state index in [1.54, 1.807) is 46.5 Å². The fourth-order valence-corrected chi connectivity index (χ4v) is 15.2. The van der Waals surface area contributed by atoms with E-state index in [1.807, 2.05) is 0 Å². The fourth-order valence-electron chi connectivity index (χ4n) is 15.2. The van der Waals surface area contributed by atoms with E-state index in [1.165, 1.54) is 48.5 Å². The van der Waals surface area contributed by atoms with Gasteiger partial charge in [0.05, 0.1) is 97.4 Å². The van der Waals surface area contributed by atoms with Gasteiger partial charge in [0.15, 0.2) is 23.3 Å². The lowest BCUT2D eigenvalue weighted by Gasteiger charge is -2.32. The number of carbonyl (C=O) groups excluding carboxylic acids is 8. The Bertz CT molecular complexity index is 3820. The maximum atomic E-state index is 14.5. The van der Waals surface area contributed by atoms with Gasteiger partial charge in [0, 0.05) is 35.1 Å². The van der Waals surface area contributed by atoms with Crippen molar-refractivity contribution in [1.82, 2.24) is 0 Å². The van der Waals surface area contributed by atoms with Gasteiger partial charge in [0.25, 0.3) is 0 Å². The standard InChI is InChI=1S/C104H152N8O16/c1-9-17-25-33-41-49-59-121-97(113)79-67-80(98(114)122-60-50-42-34-26-18-10-2)72-87(71-79)105-91-92(106-88-73-81(99(115)123-61-51-43-35-27-19-11-3)68-82(74-88)100(116)124-62-52-44-36-28-20-12-4)108-93(107-91)94-109-95-96(110-94)112(90-77-85(103(119)127-65-55-47-39-31-23-15-7)70-86(78-90)104(120)128-66-56-48-40-32-24-16-8)58-57-111(95)89-75-83(101(117)125-63-53-45-37-29-21-13-5)69-84(76-89)102(118)126-64-54-46-38-30-22-14-6/h57-58,67-78H,9-56,59-66H2,1-8H3,(H,105,107)(H,106,108). The number of fused-ring (bicyclic) bond motifs is 1. The minimum atomic E-state index is -0.671. The topological polar surface area (TPSA) is 290 Å². The van der Waals surface area contributed by atoms with Crippen LogP contribution in [0, 0.1) is 0 Å². The molecule has 2 N–H and O–H groups in total. The number of benzene rings is 4. The first kappa shape index (κ1) is 105. The van der Waals surface area contributed by atoms with Crippen LogP contribution in [0.4, 0.5) is 22.7 Å². The van der Waals surface area contributed by atoms with E-state index in [2.05, 4.69) is 66.0 Å². The Morgan fingerprint density at radius 3 is 0.570 bits per heavy atom. The molecule has 4 aromatic rings. The average molecular weight is 1770 g/mol. The van der Waals surface area contributed by atoms with Crippen molar-refractivity contribution in [3.8, 4) is 0 Å². The number of anilines is 4. The van der Waals surface area contributed by atoms with Crippen LogP contribution in [0.2, 0.25) is 0 Å². The van der Waals surface area contributed by atoms with Crippen LogP contribution in [-0.2, 0) is 37.9 Å². The van der Waals surface area contributed by atoms with Gasteiger partial charge in [-0.1, -0.05) is 312 Å². The van der Waals surface area contributed by atoms with Gasteiger partial charge in [-0.3, -0.25) is 9.80 Å². The van der Waals surface area contributed by atoms with E-state index in [-0.39, 0.29) is 155 Å². The number of carbonyl (C=O) groups is 8. The number of nitrogens with one attached hydrogen (secondary N) is 2. The van der Waals surface area contributed by atoms with Crippen molar-refractivity contribution in [3.05, 3.63) is 141 Å². The van der Waals surface area contributed by atoms with Gasteiger partial charge in [-0.15, -0.1) is 0 Å². The third kappa shape index (κ3) is 38.7. The smallest absolute Gasteiger partial charge is 0.338 e. The molecule has 0 radical (unpaired) electrons. The zero-order valence-electron chi connectivity index (χ0n) is 78.9. The molecule has 7 rings (SSSR count). The highest BCUT2D eigenvalue weighted by Gasteiger charge is 2.37. The maximum absolute atomic E-state index is 14.5. The van der Waals surface area contributed by atoms with E-state index in [4.69, 9.17) is 57.9 Å². The second-order valence-electron chi connectivity index (χ2n) is 34.1. The molecule has 0 saturated heterocycles. The molecule has 0 unspecified atom stereocenters. The van der Waals surface area contributed by atoms with Gasteiger partial charge in [-0.05, 0) is 124 Å². The van der Waals surface area contributed by atoms with Crippen LogP contribution in [0.25, 0.3) is 0 Å². The Hall–Kier alpha value is -10.0. The van der Waals surface area contributed by atoms with Crippen LogP contribution < -0.4 is 20.4 Å². The molecule has 0 aromatic heterocycles. The van der Waals surface area contributed by atoms with Crippen LogP contribution in [0.5, 0.6) is 0 Å². The van der Waals surface area contributed by atoms with Gasteiger partial charge in [-0.25, -0.2) is 58.3 Å². The molecule has 0 aliphatic carbocycles. The lowest BCUT2D eigenvalue weighted by atomic mass is 10.1. The number of nitrogens with zero attached hydrogens (tertiary/aromatic N) is 6. The second kappa shape index (κ2) is 63.1. The summed E-state index contributed by atoms with van der Waals surface area (Å²) in [4.78, 5) is 140. The number of esters is 8. The first-order chi connectivity index (χ1) is 62.6. The quantitative estimate of drug-likeness (QED) is 0.0236. The van der Waals surface area contributed by atoms with E-state index in [0.717, 1.165) is 257 Å². The summed E-state index contributed by atoms with van der Waals surface area (Å²) in [5.41, 5.74) is 1.36. The Morgan fingerprint density at radius 1 is 0.219 bits per heavy atom. The number of hydrogen-bond donors (Lipinski definition) is 2. The summed E-state index contributed by atoms with van der Waals surface area (Å²) in [6, 6.07) is 18.4. The van der Waals surface area contributed by atoms with Gasteiger partial charge in [0.2, 0.25) is 11.6 Å². The minimum absolute atomic E-state index is 0.0190. The Labute approximate surface area is 764 Å². The van der Waals surface area contributed by atoms with Crippen LogP contribution in [0.3, 0.4) is 0 Å². The number of aliphatic imine (C=N–C) groups is 4. The van der Waals surface area contributed by atoms with Crippen molar-refractivity contribution in [2.75, 3.05) is 73.3 Å². The Kier molecular flexibility index (Phi) is 51.8. The molecule has 0 amide bonds. The van der Waals surface area contributed by atoms with Crippen molar-refractivity contribution in [2.24, 2.45) is 20.0 Å². The molecule has 0 bridgehead atoms. The normalized spacial score (nSPS) is 12.8. The summed E-state index contributed by atoms with van der Waals surface area (Å²) in [6.07, 6.45) is 49.5. The third-order valence-electron chi connectivity index (χ3n) is 22.8. The first-order valence-electron chi connectivity index (χ1n) is 49.4. The van der Waals surface area contributed by atoms with Crippen molar-refractivity contribution in [2.45, 2.75) is 364 Å². The minimum Gasteiger partial charge on any atom is -0.462 e. The van der Waals surface area contributed by atoms with Gasteiger partial charge >= 0.3 is 47.8 Å². The Morgan fingerprint density at radius 2 is 0.383 bits per heavy atom. The molecule has 0 spiro atoms. The SMILES string of the molecule is CCCCCCCCOC(=O)c1cc(NC2=NC(=C3N=C4C(=N3)N(c3cc(C(=O)OCCCCCCCC)cc(C(=O)OCCCCCCCC)c3)C=CN4c3cc(C(=O)OCCCCCCCC)cc(C(=O)OCCCCCCCC)c3)N=C2Nc2cc(C(=O)OCCCCCCCC)cc(C(=O)OCCCCCCCC)c2)cc(C(=O)OCCCCCCCC)c1. The Balaban J connectivity index is 1.46. The monoisotopic (exact) mass is 1770 g/mol. The molecule has 3 heterocycles. The number of ether oxygens (including phenoxy) is 8. The van der Waals surface area contributed by atoms with Gasteiger partial charge in [-0.2, -0.15) is 0 Å². The molecule has 24 heteroatoms. The van der Waals surface area contributed by atoms with Crippen molar-refractivity contribution >= 4 is 93.8 Å². The average Bonchev–Trinajstić information content (AvgIpc) is 1.56. The van der Waals surface area contributed by atoms with Gasteiger partial charge in [0.1, 0.15) is 0 Å². The van der Waals surface area contributed by atoms with Crippen LogP contribution in [-0.4, -0.2) is 124 Å². The molecule has 3 aliphatic heterocycles.